The lowest BCUT2D eigenvalue weighted by Crippen LogP contribution is -2.07. The zero-order valence-corrected chi connectivity index (χ0v) is 7.99. The van der Waals surface area contributed by atoms with Gasteiger partial charge in [-0.2, -0.15) is 23.4 Å². The molecule has 0 aliphatic rings. The second kappa shape index (κ2) is 4.22. The number of hydrogen-bond acceptors (Lipinski definition) is 3. The molecular formula is C9H3F3N2S. The molecule has 0 aliphatic carbocycles. The first-order chi connectivity index (χ1) is 7.00. The highest BCUT2D eigenvalue weighted by molar-refractivity contribution is 7.78. The van der Waals surface area contributed by atoms with Gasteiger partial charge in [0.05, 0.1) is 22.0 Å². The summed E-state index contributed by atoms with van der Waals surface area (Å²) in [4.78, 5) is 3.39. The van der Waals surface area contributed by atoms with Crippen LogP contribution < -0.4 is 0 Å². The molecule has 0 fully saturated rings. The molecule has 2 nitrogen and oxygen atoms in total. The fourth-order valence-corrected chi connectivity index (χ4v) is 1.13. The van der Waals surface area contributed by atoms with Crippen molar-refractivity contribution in [3.05, 3.63) is 29.3 Å². The maximum absolute atomic E-state index is 12.4. The average molecular weight is 228 g/mol. The molecule has 0 amide bonds. The molecule has 0 saturated carbocycles. The van der Waals surface area contributed by atoms with E-state index in [1.807, 2.05) is 5.16 Å². The standard InChI is InChI=1S/C9H3F3N2S/c10-9(11,12)7-2-1-3-8(14-5-15)6(7)4-13/h1-3H. The summed E-state index contributed by atoms with van der Waals surface area (Å²) in [6, 6.07) is 4.71. The molecule has 76 valence electrons. The third kappa shape index (κ3) is 2.40. The summed E-state index contributed by atoms with van der Waals surface area (Å²) in [5, 5.41) is 10.5. The number of benzene rings is 1. The van der Waals surface area contributed by atoms with Gasteiger partial charge in [0.1, 0.15) is 6.07 Å². The summed E-state index contributed by atoms with van der Waals surface area (Å²) in [6.07, 6.45) is -4.57. The first-order valence-electron chi connectivity index (χ1n) is 3.69. The predicted octanol–water partition coefficient (Wildman–Crippen LogP) is 3.31. The van der Waals surface area contributed by atoms with Gasteiger partial charge in [-0.3, -0.25) is 0 Å². The zero-order chi connectivity index (χ0) is 11.5. The Labute approximate surface area is 88.7 Å². The third-order valence-electron chi connectivity index (χ3n) is 1.63. The van der Waals surface area contributed by atoms with Gasteiger partial charge in [-0.05, 0) is 24.4 Å². The van der Waals surface area contributed by atoms with E-state index < -0.39 is 17.3 Å². The Morgan fingerprint density at radius 3 is 2.47 bits per heavy atom. The number of nitriles is 1. The van der Waals surface area contributed by atoms with Gasteiger partial charge >= 0.3 is 6.18 Å². The third-order valence-corrected chi connectivity index (χ3v) is 1.72. The largest absolute Gasteiger partial charge is 0.417 e. The highest BCUT2D eigenvalue weighted by Gasteiger charge is 2.34. The van der Waals surface area contributed by atoms with Crippen LogP contribution >= 0.6 is 12.2 Å². The van der Waals surface area contributed by atoms with Crippen LogP contribution in [0.4, 0.5) is 18.9 Å². The van der Waals surface area contributed by atoms with Crippen molar-refractivity contribution < 1.29 is 13.2 Å². The van der Waals surface area contributed by atoms with Crippen molar-refractivity contribution in [2.75, 3.05) is 0 Å². The van der Waals surface area contributed by atoms with Crippen LogP contribution in [0.25, 0.3) is 0 Å². The van der Waals surface area contributed by atoms with Crippen LogP contribution in [0, 0.1) is 11.3 Å². The highest BCUT2D eigenvalue weighted by atomic mass is 32.1. The second-order valence-electron chi connectivity index (χ2n) is 2.51. The Morgan fingerprint density at radius 2 is 2.00 bits per heavy atom. The lowest BCUT2D eigenvalue weighted by Gasteiger charge is -2.08. The van der Waals surface area contributed by atoms with E-state index in [-0.39, 0.29) is 5.69 Å². The van der Waals surface area contributed by atoms with Gasteiger partial charge in [-0.15, -0.1) is 0 Å². The number of halogens is 3. The summed E-state index contributed by atoms with van der Waals surface area (Å²) < 4.78 is 37.2. The van der Waals surface area contributed by atoms with E-state index in [9.17, 15) is 13.2 Å². The Hall–Kier alpha value is -1.70. The summed E-state index contributed by atoms with van der Waals surface area (Å²) in [7, 11) is 0. The highest BCUT2D eigenvalue weighted by Crippen LogP contribution is 2.35. The number of aliphatic imine (C=N–C) groups is 1. The van der Waals surface area contributed by atoms with E-state index in [4.69, 9.17) is 5.26 Å². The molecule has 1 aromatic carbocycles. The van der Waals surface area contributed by atoms with E-state index >= 15 is 0 Å². The number of hydrogen-bond donors (Lipinski definition) is 0. The molecule has 15 heavy (non-hydrogen) atoms. The monoisotopic (exact) mass is 228 g/mol. The number of nitrogens with zero attached hydrogens (tertiary/aromatic N) is 2. The van der Waals surface area contributed by atoms with Gasteiger partial charge in [0, 0.05) is 0 Å². The minimum atomic E-state index is -4.57. The topological polar surface area (TPSA) is 36.1 Å². The Morgan fingerprint density at radius 1 is 1.33 bits per heavy atom. The van der Waals surface area contributed by atoms with Crippen LogP contribution in [0.3, 0.4) is 0 Å². The Bertz CT molecular complexity index is 467. The van der Waals surface area contributed by atoms with Gasteiger partial charge in [-0.25, -0.2) is 0 Å². The molecule has 1 aromatic rings. The van der Waals surface area contributed by atoms with Crippen molar-refractivity contribution in [1.82, 2.24) is 0 Å². The predicted molar refractivity (Wildman–Crippen MR) is 50.8 cm³/mol. The Balaban J connectivity index is 3.50. The van der Waals surface area contributed by atoms with Crippen molar-refractivity contribution in [1.29, 1.82) is 5.26 Å². The molecule has 0 N–H and O–H groups in total. The normalized spacial score (nSPS) is 10.3. The minimum Gasteiger partial charge on any atom is -0.193 e. The molecule has 0 aliphatic heterocycles. The molecule has 6 heteroatoms. The maximum atomic E-state index is 12.4. The van der Waals surface area contributed by atoms with Crippen LogP contribution in [0.2, 0.25) is 0 Å². The molecule has 0 saturated heterocycles. The summed E-state index contributed by atoms with van der Waals surface area (Å²) in [5.41, 5.74) is -1.68. The second-order valence-corrected chi connectivity index (χ2v) is 2.69. The van der Waals surface area contributed by atoms with Crippen molar-refractivity contribution in [3.8, 4) is 6.07 Å². The van der Waals surface area contributed by atoms with Crippen molar-refractivity contribution in [3.63, 3.8) is 0 Å². The maximum Gasteiger partial charge on any atom is 0.417 e. The Kier molecular flexibility index (Phi) is 3.20. The van der Waals surface area contributed by atoms with Crippen LogP contribution in [-0.4, -0.2) is 5.16 Å². The molecular weight excluding hydrogens is 225 g/mol. The molecule has 0 heterocycles. The summed E-state index contributed by atoms with van der Waals surface area (Å²) in [6.45, 7) is 0. The number of alkyl halides is 3. The number of thiocarbonyl (C=S) groups is 1. The van der Waals surface area contributed by atoms with E-state index in [1.54, 1.807) is 0 Å². The molecule has 0 atom stereocenters. The van der Waals surface area contributed by atoms with E-state index in [0.29, 0.717) is 0 Å². The summed E-state index contributed by atoms with van der Waals surface area (Å²) >= 11 is 4.27. The number of rotatable bonds is 1. The summed E-state index contributed by atoms with van der Waals surface area (Å²) in [5.74, 6) is 0. The molecule has 0 radical (unpaired) electrons. The number of isothiocyanates is 1. The quantitative estimate of drug-likeness (QED) is 0.546. The average Bonchev–Trinajstić information content (AvgIpc) is 2.16. The molecule has 0 spiro atoms. The van der Waals surface area contributed by atoms with Gasteiger partial charge in [0.2, 0.25) is 0 Å². The molecule has 0 unspecified atom stereocenters. The van der Waals surface area contributed by atoms with Crippen LogP contribution in [-0.2, 0) is 6.18 Å². The first kappa shape index (κ1) is 11.4. The first-order valence-corrected chi connectivity index (χ1v) is 4.09. The van der Waals surface area contributed by atoms with E-state index in [1.165, 1.54) is 12.1 Å². The molecule has 0 bridgehead atoms. The molecule has 1 rings (SSSR count). The molecule has 0 aromatic heterocycles. The van der Waals surface area contributed by atoms with Crippen molar-refractivity contribution >= 4 is 23.1 Å². The fourth-order valence-electron chi connectivity index (χ4n) is 1.04. The SMILES string of the molecule is N#Cc1c(N=C=S)cccc1C(F)(F)F. The van der Waals surface area contributed by atoms with Crippen molar-refractivity contribution in [2.45, 2.75) is 6.18 Å². The van der Waals surface area contributed by atoms with E-state index in [2.05, 4.69) is 17.2 Å². The minimum absolute atomic E-state index is 0.123. The van der Waals surface area contributed by atoms with Crippen LogP contribution in [0.15, 0.2) is 23.2 Å². The van der Waals surface area contributed by atoms with Gasteiger partial charge in [-0.1, -0.05) is 6.07 Å². The lowest BCUT2D eigenvalue weighted by atomic mass is 10.1. The smallest absolute Gasteiger partial charge is 0.193 e. The van der Waals surface area contributed by atoms with Gasteiger partial charge in [0.15, 0.2) is 0 Å². The van der Waals surface area contributed by atoms with Crippen LogP contribution in [0.1, 0.15) is 11.1 Å². The van der Waals surface area contributed by atoms with Gasteiger partial charge < -0.3 is 0 Å². The zero-order valence-electron chi connectivity index (χ0n) is 7.17. The fraction of sp³-hybridized carbons (Fsp3) is 0.111. The van der Waals surface area contributed by atoms with E-state index in [0.717, 1.165) is 12.1 Å². The van der Waals surface area contributed by atoms with Crippen LogP contribution in [0.5, 0.6) is 0 Å². The van der Waals surface area contributed by atoms with Gasteiger partial charge in [0.25, 0.3) is 0 Å². The lowest BCUT2D eigenvalue weighted by molar-refractivity contribution is -0.137. The van der Waals surface area contributed by atoms with Crippen molar-refractivity contribution in [2.24, 2.45) is 4.99 Å².